The second-order valence-corrected chi connectivity index (χ2v) is 5.61. The van der Waals surface area contributed by atoms with Gasteiger partial charge in [0, 0.05) is 36.4 Å². The van der Waals surface area contributed by atoms with Gasteiger partial charge in [0.25, 0.3) is 11.7 Å². The van der Waals surface area contributed by atoms with Crippen LogP contribution in [0.25, 0.3) is 10.9 Å². The number of carbonyl (C=O) groups excluding carboxylic acids is 2. The number of Topliss-reactive ketones (excluding diaryl/α,β-unsaturated/α-hetero) is 1. The molecule has 2 N–H and O–H groups in total. The molecule has 3 aromatic rings. The summed E-state index contributed by atoms with van der Waals surface area (Å²) in [5, 5.41) is 3.87. The molecule has 0 radical (unpaired) electrons. The largest absolute Gasteiger partial charge is 0.358 e. The Labute approximate surface area is 134 Å². The van der Waals surface area contributed by atoms with E-state index in [4.69, 9.17) is 0 Å². The molecule has 0 bridgehead atoms. The van der Waals surface area contributed by atoms with E-state index in [9.17, 15) is 9.59 Å². The molecule has 0 aliphatic heterocycles. The number of nitrogens with zero attached hydrogens (tertiary/aromatic N) is 1. The zero-order chi connectivity index (χ0) is 16.4. The molecule has 0 unspecified atom stereocenters. The third-order valence-electron chi connectivity index (χ3n) is 4.07. The van der Waals surface area contributed by atoms with Gasteiger partial charge in [-0.25, -0.2) is 0 Å². The molecule has 5 nitrogen and oxygen atoms in total. The molecule has 3 rings (SSSR count). The summed E-state index contributed by atoms with van der Waals surface area (Å²) in [6.45, 7) is 2.45. The highest BCUT2D eigenvalue weighted by Gasteiger charge is 2.18. The van der Waals surface area contributed by atoms with Gasteiger partial charge in [-0.1, -0.05) is 18.2 Å². The monoisotopic (exact) mass is 309 g/mol. The van der Waals surface area contributed by atoms with Gasteiger partial charge in [0.1, 0.15) is 0 Å². The molecule has 0 saturated carbocycles. The lowest BCUT2D eigenvalue weighted by atomic mass is 10.1. The number of para-hydroxylation sites is 1. The highest BCUT2D eigenvalue weighted by molar-refractivity contribution is 6.42. The van der Waals surface area contributed by atoms with E-state index >= 15 is 0 Å². The van der Waals surface area contributed by atoms with Gasteiger partial charge in [0.2, 0.25) is 0 Å². The molecule has 2 heterocycles. The first-order valence-corrected chi connectivity index (χ1v) is 7.58. The molecule has 0 aliphatic carbocycles. The fourth-order valence-corrected chi connectivity index (χ4v) is 2.85. The van der Waals surface area contributed by atoms with Gasteiger partial charge < -0.3 is 14.9 Å². The summed E-state index contributed by atoms with van der Waals surface area (Å²) in [5.41, 5.74) is 3.75. The second-order valence-electron chi connectivity index (χ2n) is 5.61. The molecular formula is C18H19N3O2. The van der Waals surface area contributed by atoms with E-state index in [1.807, 2.05) is 25.1 Å². The Balaban J connectivity index is 1.65. The van der Waals surface area contributed by atoms with Crippen molar-refractivity contribution in [2.45, 2.75) is 13.3 Å². The van der Waals surface area contributed by atoms with Gasteiger partial charge in [0.05, 0.1) is 5.69 Å². The van der Waals surface area contributed by atoms with Crippen LogP contribution in [0.15, 0.2) is 42.6 Å². The van der Waals surface area contributed by atoms with E-state index in [-0.39, 0.29) is 0 Å². The van der Waals surface area contributed by atoms with E-state index in [0.29, 0.717) is 18.7 Å². The van der Waals surface area contributed by atoms with Crippen molar-refractivity contribution in [2.75, 3.05) is 6.54 Å². The summed E-state index contributed by atoms with van der Waals surface area (Å²) in [7, 11) is 1.75. The van der Waals surface area contributed by atoms with Crippen molar-refractivity contribution in [3.8, 4) is 0 Å². The number of fused-ring (bicyclic) bond motifs is 1. The number of ketones is 1. The number of aromatic nitrogens is 2. The Bertz CT molecular complexity index is 873. The van der Waals surface area contributed by atoms with Crippen molar-refractivity contribution < 1.29 is 9.59 Å². The third kappa shape index (κ3) is 2.90. The Hall–Kier alpha value is -2.82. The summed E-state index contributed by atoms with van der Waals surface area (Å²) in [5.74, 6) is -1.07. The first kappa shape index (κ1) is 15.1. The minimum Gasteiger partial charge on any atom is -0.358 e. The van der Waals surface area contributed by atoms with Crippen LogP contribution in [0.4, 0.5) is 0 Å². The molecule has 0 saturated heterocycles. The summed E-state index contributed by atoms with van der Waals surface area (Å²) in [6, 6.07) is 11.5. The predicted molar refractivity (Wildman–Crippen MR) is 89.5 cm³/mol. The number of hydrogen-bond acceptors (Lipinski definition) is 2. The lowest BCUT2D eigenvalue weighted by molar-refractivity contribution is -0.117. The fraction of sp³-hybridized carbons (Fsp3) is 0.222. The Kier molecular flexibility index (Phi) is 4.02. The van der Waals surface area contributed by atoms with Crippen LogP contribution in [-0.2, 0) is 18.3 Å². The summed E-state index contributed by atoms with van der Waals surface area (Å²) in [4.78, 5) is 27.4. The van der Waals surface area contributed by atoms with E-state index in [2.05, 4.69) is 16.4 Å². The van der Waals surface area contributed by atoms with Gasteiger partial charge in [-0.05, 0) is 37.1 Å². The van der Waals surface area contributed by atoms with Gasteiger partial charge in [-0.2, -0.15) is 0 Å². The van der Waals surface area contributed by atoms with Gasteiger partial charge in [-0.3, -0.25) is 9.59 Å². The van der Waals surface area contributed by atoms with Gasteiger partial charge in [-0.15, -0.1) is 0 Å². The molecule has 0 atom stereocenters. The smallest absolute Gasteiger partial charge is 0.294 e. The van der Waals surface area contributed by atoms with Crippen LogP contribution in [0.1, 0.15) is 21.7 Å². The van der Waals surface area contributed by atoms with Crippen molar-refractivity contribution in [2.24, 2.45) is 7.05 Å². The number of carbonyl (C=O) groups is 2. The van der Waals surface area contributed by atoms with Crippen molar-refractivity contribution >= 4 is 22.6 Å². The van der Waals surface area contributed by atoms with Crippen LogP contribution in [0, 0.1) is 6.92 Å². The average molecular weight is 309 g/mol. The highest BCUT2D eigenvalue weighted by atomic mass is 16.2. The van der Waals surface area contributed by atoms with Crippen molar-refractivity contribution in [3.05, 3.63) is 59.5 Å². The Morgan fingerprint density at radius 3 is 2.70 bits per heavy atom. The summed E-state index contributed by atoms with van der Waals surface area (Å²) in [6.07, 6.45) is 2.43. The van der Waals surface area contributed by atoms with Crippen molar-refractivity contribution in [1.29, 1.82) is 0 Å². The lowest BCUT2D eigenvalue weighted by Crippen LogP contribution is -2.33. The topological polar surface area (TPSA) is 66.9 Å². The molecule has 23 heavy (non-hydrogen) atoms. The maximum atomic E-state index is 12.1. The first-order valence-electron chi connectivity index (χ1n) is 7.58. The number of rotatable bonds is 5. The average Bonchev–Trinajstić information content (AvgIpc) is 3.10. The molecule has 0 spiro atoms. The number of H-pyrrole nitrogens is 1. The molecule has 118 valence electrons. The molecule has 0 aliphatic rings. The SMILES string of the molecule is Cc1[nH]c2ccccc2c1CCNC(=O)C(=O)c1cccn1C. The molecule has 0 fully saturated rings. The van der Waals surface area contributed by atoms with Crippen LogP contribution in [0.3, 0.4) is 0 Å². The van der Waals surface area contributed by atoms with Crippen LogP contribution in [0.5, 0.6) is 0 Å². The van der Waals surface area contributed by atoms with E-state index < -0.39 is 11.7 Å². The van der Waals surface area contributed by atoms with Gasteiger partial charge >= 0.3 is 0 Å². The normalized spacial score (nSPS) is 10.9. The minimum absolute atomic E-state index is 0.394. The minimum atomic E-state index is -0.565. The molecule has 5 heteroatoms. The maximum Gasteiger partial charge on any atom is 0.294 e. The zero-order valence-corrected chi connectivity index (χ0v) is 13.2. The first-order chi connectivity index (χ1) is 11.1. The number of aromatic amines is 1. The zero-order valence-electron chi connectivity index (χ0n) is 13.2. The Morgan fingerprint density at radius 1 is 1.17 bits per heavy atom. The van der Waals surface area contributed by atoms with Gasteiger partial charge in [0.15, 0.2) is 0 Å². The van der Waals surface area contributed by atoms with E-state index in [1.165, 1.54) is 5.56 Å². The summed E-state index contributed by atoms with van der Waals surface area (Å²) < 4.78 is 1.64. The van der Waals surface area contributed by atoms with E-state index in [0.717, 1.165) is 16.6 Å². The predicted octanol–water partition coefficient (Wildman–Crippen LogP) is 2.36. The Morgan fingerprint density at radius 2 is 1.96 bits per heavy atom. The van der Waals surface area contributed by atoms with Crippen LogP contribution < -0.4 is 5.32 Å². The standard InChI is InChI=1S/C18H19N3O2/c1-12-13(14-6-3-4-7-15(14)20-12)9-10-19-18(23)17(22)16-8-5-11-21(16)2/h3-8,11,20H,9-10H2,1-2H3,(H,19,23). The summed E-state index contributed by atoms with van der Waals surface area (Å²) >= 11 is 0. The number of nitrogens with one attached hydrogen (secondary N) is 2. The number of amides is 1. The lowest BCUT2D eigenvalue weighted by Gasteiger charge is -2.06. The number of aryl methyl sites for hydroxylation is 2. The molecule has 1 amide bonds. The number of hydrogen-bond donors (Lipinski definition) is 2. The van der Waals surface area contributed by atoms with Crippen LogP contribution >= 0.6 is 0 Å². The quantitative estimate of drug-likeness (QED) is 0.561. The molecule has 1 aromatic carbocycles. The third-order valence-corrected chi connectivity index (χ3v) is 4.07. The van der Waals surface area contributed by atoms with Crippen LogP contribution in [0.2, 0.25) is 0 Å². The maximum absolute atomic E-state index is 12.1. The highest BCUT2D eigenvalue weighted by Crippen LogP contribution is 2.21. The fourth-order valence-electron chi connectivity index (χ4n) is 2.85. The van der Waals surface area contributed by atoms with Crippen molar-refractivity contribution in [3.63, 3.8) is 0 Å². The second kappa shape index (κ2) is 6.12. The molecular weight excluding hydrogens is 290 g/mol. The van der Waals surface area contributed by atoms with E-state index in [1.54, 1.807) is 29.9 Å². The van der Waals surface area contributed by atoms with Crippen molar-refractivity contribution in [1.82, 2.24) is 14.9 Å². The number of benzene rings is 1. The molecule has 2 aromatic heterocycles. The van der Waals surface area contributed by atoms with Crippen LogP contribution in [-0.4, -0.2) is 27.8 Å².